The van der Waals surface area contributed by atoms with E-state index in [-0.39, 0.29) is 6.54 Å². The maximum Gasteiger partial charge on any atom is 0.437 e. The second kappa shape index (κ2) is 8.00. The molecule has 0 saturated heterocycles. The summed E-state index contributed by atoms with van der Waals surface area (Å²) in [7, 11) is 0. The van der Waals surface area contributed by atoms with Gasteiger partial charge in [-0.2, -0.15) is 18.3 Å². The molecule has 0 spiro atoms. The summed E-state index contributed by atoms with van der Waals surface area (Å²) in [6.07, 6.45) is -5.43. The van der Waals surface area contributed by atoms with Crippen molar-refractivity contribution in [2.45, 2.75) is 12.7 Å². The number of nitro benzene ring substituents is 1. The molecule has 2 aromatic carbocycles. The molecule has 0 radical (unpaired) electrons. The number of hydrogen-bond donors (Lipinski definition) is 1. The number of nitrogens with one attached hydrogen (secondary N) is 1. The van der Waals surface area contributed by atoms with Crippen molar-refractivity contribution in [3.8, 4) is 11.4 Å². The molecule has 0 aliphatic heterocycles. The average Bonchev–Trinajstić information content (AvgIpc) is 3.11. The highest BCUT2D eigenvalue weighted by Crippen LogP contribution is 2.39. The Labute approximate surface area is 161 Å². The summed E-state index contributed by atoms with van der Waals surface area (Å²) in [6.45, 7) is 0.0410. The fourth-order valence-corrected chi connectivity index (χ4v) is 2.55. The van der Waals surface area contributed by atoms with Gasteiger partial charge in [-0.1, -0.05) is 42.5 Å². The van der Waals surface area contributed by atoms with Crippen molar-refractivity contribution in [3.05, 3.63) is 82.2 Å². The third kappa shape index (κ3) is 4.51. The van der Waals surface area contributed by atoms with Gasteiger partial charge in [-0.3, -0.25) is 10.1 Å². The Morgan fingerprint density at radius 1 is 1.14 bits per heavy atom. The molecule has 8 nitrogen and oxygen atoms in total. The largest absolute Gasteiger partial charge is 0.437 e. The number of alkyl halides is 3. The minimum absolute atomic E-state index is 0.0410. The number of hydrogen-bond acceptors (Lipinski definition) is 5. The van der Waals surface area contributed by atoms with Gasteiger partial charge < -0.3 is 10.1 Å². The van der Waals surface area contributed by atoms with E-state index in [1.165, 1.54) is 12.1 Å². The molecule has 3 rings (SSSR count). The maximum absolute atomic E-state index is 13.6. The molecule has 0 bridgehead atoms. The topological polar surface area (TPSA) is 99.3 Å². The molecular weight excluding hydrogens is 393 g/mol. The molecule has 3 aromatic rings. The number of ether oxygens (including phenoxy) is 1. The molecule has 0 atom stereocenters. The molecular formula is C18H13F3N4O4. The lowest BCUT2D eigenvalue weighted by molar-refractivity contribution is -0.384. The van der Waals surface area contributed by atoms with Crippen LogP contribution >= 0.6 is 0 Å². The minimum atomic E-state index is -4.99. The van der Waals surface area contributed by atoms with E-state index >= 15 is 0 Å². The van der Waals surface area contributed by atoms with Crippen LogP contribution < -0.4 is 10.1 Å². The summed E-state index contributed by atoms with van der Waals surface area (Å²) in [5.74, 6) is -0.874. The zero-order valence-corrected chi connectivity index (χ0v) is 14.6. The van der Waals surface area contributed by atoms with Gasteiger partial charge in [0.2, 0.25) is 0 Å². The van der Waals surface area contributed by atoms with Crippen molar-refractivity contribution in [1.82, 2.24) is 15.1 Å². The fraction of sp³-hybridized carbons (Fsp3) is 0.111. The number of nitro groups is 1. The summed E-state index contributed by atoms with van der Waals surface area (Å²) in [5, 5.41) is 17.0. The van der Waals surface area contributed by atoms with E-state index in [1.54, 1.807) is 30.3 Å². The fourth-order valence-electron chi connectivity index (χ4n) is 2.55. The summed E-state index contributed by atoms with van der Waals surface area (Å²) in [6, 6.07) is 13.5. The van der Waals surface area contributed by atoms with Gasteiger partial charge in [-0.05, 0) is 11.6 Å². The highest BCUT2D eigenvalue weighted by Gasteiger charge is 2.41. The predicted molar refractivity (Wildman–Crippen MR) is 94.5 cm³/mol. The lowest BCUT2D eigenvalue weighted by atomic mass is 10.2. The molecule has 0 aliphatic rings. The Morgan fingerprint density at radius 3 is 2.45 bits per heavy atom. The summed E-state index contributed by atoms with van der Waals surface area (Å²) in [5.41, 5.74) is -1.72. The molecule has 1 aromatic heterocycles. The van der Waals surface area contributed by atoms with E-state index in [1.807, 2.05) is 0 Å². The molecule has 0 unspecified atom stereocenters. The molecule has 1 N–H and O–H groups in total. The SMILES string of the molecule is O=C(NCc1ccccc1)Oc1cnn(-c2ccccc2[N+](=O)[O-])c1C(F)(F)F. The first-order valence-corrected chi connectivity index (χ1v) is 8.16. The van der Waals surface area contributed by atoms with Gasteiger partial charge in [-0.25, -0.2) is 9.48 Å². The molecule has 11 heteroatoms. The number of carbonyl (C=O) groups is 1. The third-order valence-corrected chi connectivity index (χ3v) is 3.79. The van der Waals surface area contributed by atoms with Crippen LogP contribution in [0.4, 0.5) is 23.7 Å². The first-order chi connectivity index (χ1) is 13.8. The second-order valence-corrected chi connectivity index (χ2v) is 5.74. The smallest absolute Gasteiger partial charge is 0.406 e. The lowest BCUT2D eigenvalue weighted by Gasteiger charge is -2.13. The standard InChI is InChI=1S/C18H13F3N4O4/c19-18(20,21)16-15(29-17(26)22-10-12-6-2-1-3-7-12)11-23-24(16)13-8-4-5-9-14(13)25(27)28/h1-9,11H,10H2,(H,22,26). The second-order valence-electron chi connectivity index (χ2n) is 5.74. The maximum atomic E-state index is 13.6. The number of benzene rings is 2. The van der Waals surface area contributed by atoms with Gasteiger partial charge >= 0.3 is 12.3 Å². The molecule has 29 heavy (non-hydrogen) atoms. The van der Waals surface area contributed by atoms with Crippen LogP contribution in [-0.4, -0.2) is 20.8 Å². The first kappa shape index (κ1) is 19.9. The van der Waals surface area contributed by atoms with Crippen LogP contribution in [-0.2, 0) is 12.7 Å². The van der Waals surface area contributed by atoms with E-state index in [9.17, 15) is 28.1 Å². The van der Waals surface area contributed by atoms with Gasteiger partial charge in [0.15, 0.2) is 11.4 Å². The molecule has 1 amide bonds. The summed E-state index contributed by atoms with van der Waals surface area (Å²) >= 11 is 0. The number of nitrogens with zero attached hydrogens (tertiary/aromatic N) is 3. The molecule has 0 aliphatic carbocycles. The monoisotopic (exact) mass is 406 g/mol. The number of halogens is 3. The number of carbonyl (C=O) groups excluding carboxylic acids is 1. The van der Waals surface area contributed by atoms with E-state index < -0.39 is 40.0 Å². The number of rotatable bonds is 5. The van der Waals surface area contributed by atoms with Gasteiger partial charge in [0.05, 0.1) is 11.1 Å². The van der Waals surface area contributed by atoms with Crippen LogP contribution in [0.2, 0.25) is 0 Å². The Morgan fingerprint density at radius 2 is 1.79 bits per heavy atom. The van der Waals surface area contributed by atoms with Crippen molar-refractivity contribution in [1.29, 1.82) is 0 Å². The summed E-state index contributed by atoms with van der Waals surface area (Å²) in [4.78, 5) is 22.3. The van der Waals surface area contributed by atoms with Crippen molar-refractivity contribution in [2.24, 2.45) is 0 Å². The van der Waals surface area contributed by atoms with E-state index in [0.29, 0.717) is 10.9 Å². The van der Waals surface area contributed by atoms with Gasteiger partial charge in [0.1, 0.15) is 5.69 Å². The molecule has 1 heterocycles. The Kier molecular flexibility index (Phi) is 5.48. The quantitative estimate of drug-likeness (QED) is 0.508. The average molecular weight is 406 g/mol. The van der Waals surface area contributed by atoms with Crippen LogP contribution in [0.25, 0.3) is 5.69 Å². The van der Waals surface area contributed by atoms with Crippen LogP contribution in [0.5, 0.6) is 5.75 Å². The van der Waals surface area contributed by atoms with Crippen molar-refractivity contribution in [3.63, 3.8) is 0 Å². The highest BCUT2D eigenvalue weighted by molar-refractivity contribution is 5.71. The lowest BCUT2D eigenvalue weighted by Crippen LogP contribution is -2.27. The van der Waals surface area contributed by atoms with Crippen molar-refractivity contribution in [2.75, 3.05) is 0 Å². The Hall–Kier alpha value is -3.89. The van der Waals surface area contributed by atoms with Gasteiger partial charge in [0.25, 0.3) is 5.69 Å². The Bertz CT molecular complexity index is 1040. The molecule has 0 fully saturated rings. The number of para-hydroxylation sites is 2. The Balaban J connectivity index is 1.89. The third-order valence-electron chi connectivity index (χ3n) is 3.79. The van der Waals surface area contributed by atoms with Crippen LogP contribution in [0.1, 0.15) is 11.3 Å². The van der Waals surface area contributed by atoms with Gasteiger partial charge in [-0.15, -0.1) is 0 Å². The van der Waals surface area contributed by atoms with Crippen LogP contribution in [0.3, 0.4) is 0 Å². The zero-order chi connectivity index (χ0) is 21.0. The zero-order valence-electron chi connectivity index (χ0n) is 14.6. The molecule has 0 saturated carbocycles. The van der Waals surface area contributed by atoms with Crippen molar-refractivity contribution < 1.29 is 27.6 Å². The van der Waals surface area contributed by atoms with E-state index in [0.717, 1.165) is 17.7 Å². The van der Waals surface area contributed by atoms with Crippen LogP contribution in [0, 0.1) is 10.1 Å². The number of aromatic nitrogens is 2. The van der Waals surface area contributed by atoms with E-state index in [2.05, 4.69) is 10.4 Å². The van der Waals surface area contributed by atoms with E-state index in [4.69, 9.17) is 4.74 Å². The van der Waals surface area contributed by atoms with Gasteiger partial charge in [0, 0.05) is 12.6 Å². The summed E-state index contributed by atoms with van der Waals surface area (Å²) < 4.78 is 46.0. The number of amides is 1. The highest BCUT2D eigenvalue weighted by atomic mass is 19.4. The van der Waals surface area contributed by atoms with Crippen molar-refractivity contribution >= 4 is 11.8 Å². The minimum Gasteiger partial charge on any atom is -0.406 e. The first-order valence-electron chi connectivity index (χ1n) is 8.16. The predicted octanol–water partition coefficient (Wildman–Crippen LogP) is 4.09. The normalized spacial score (nSPS) is 11.1. The van der Waals surface area contributed by atoms with Crippen LogP contribution in [0.15, 0.2) is 60.8 Å². The molecule has 150 valence electrons.